The van der Waals surface area contributed by atoms with E-state index in [1.807, 2.05) is 6.07 Å². The smallest absolute Gasteiger partial charge is 0.250 e. The highest BCUT2D eigenvalue weighted by Crippen LogP contribution is 2.44. The van der Waals surface area contributed by atoms with Crippen molar-refractivity contribution in [3.8, 4) is 28.7 Å². The maximum Gasteiger partial charge on any atom is 0.250 e. The molecule has 0 radical (unpaired) electrons. The van der Waals surface area contributed by atoms with E-state index in [0.717, 1.165) is 0 Å². The van der Waals surface area contributed by atoms with E-state index < -0.39 is 12.0 Å². The summed E-state index contributed by atoms with van der Waals surface area (Å²) < 4.78 is 44.4. The van der Waals surface area contributed by atoms with Crippen LogP contribution in [0.2, 0.25) is 0 Å². The first kappa shape index (κ1) is 18.4. The minimum absolute atomic E-state index is 0.187. The van der Waals surface area contributed by atoms with Gasteiger partial charge >= 0.3 is 0 Å². The molecule has 1 aliphatic rings. The van der Waals surface area contributed by atoms with Gasteiger partial charge in [0.15, 0.2) is 11.3 Å². The summed E-state index contributed by atoms with van der Waals surface area (Å²) in [6.45, 7) is 0. The van der Waals surface area contributed by atoms with Gasteiger partial charge in [0.2, 0.25) is 5.92 Å². The molecule has 5 rings (SSSR count). The van der Waals surface area contributed by atoms with Gasteiger partial charge in [-0.05, 0) is 42.8 Å². The lowest BCUT2D eigenvalue weighted by Crippen LogP contribution is -2.13. The van der Waals surface area contributed by atoms with E-state index in [1.54, 1.807) is 28.8 Å². The minimum Gasteiger partial charge on any atom is -0.325 e. The first-order chi connectivity index (χ1) is 14.4. The molecule has 1 fully saturated rings. The molecule has 1 atom stereocenters. The van der Waals surface area contributed by atoms with Crippen molar-refractivity contribution in [1.29, 1.82) is 5.26 Å². The van der Waals surface area contributed by atoms with Gasteiger partial charge in [-0.25, -0.2) is 27.7 Å². The van der Waals surface area contributed by atoms with Crippen molar-refractivity contribution < 1.29 is 13.2 Å². The van der Waals surface area contributed by atoms with E-state index in [9.17, 15) is 18.4 Å². The molecule has 0 N–H and O–H groups in total. The normalized spacial score (nSPS) is 18.0. The quantitative estimate of drug-likeness (QED) is 0.496. The zero-order valence-corrected chi connectivity index (χ0v) is 15.6. The lowest BCUT2D eigenvalue weighted by atomic mass is 10.1. The fourth-order valence-electron chi connectivity index (χ4n) is 3.95. The van der Waals surface area contributed by atoms with E-state index >= 15 is 0 Å². The highest BCUT2D eigenvalue weighted by atomic mass is 19.3. The van der Waals surface area contributed by atoms with Crippen molar-refractivity contribution in [2.45, 2.75) is 31.2 Å². The molecule has 150 valence electrons. The number of nitriles is 1. The van der Waals surface area contributed by atoms with E-state index in [4.69, 9.17) is 0 Å². The van der Waals surface area contributed by atoms with Crippen LogP contribution in [0.15, 0.2) is 48.9 Å². The van der Waals surface area contributed by atoms with Crippen LogP contribution in [0.3, 0.4) is 0 Å². The molecule has 3 heterocycles. The largest absolute Gasteiger partial charge is 0.325 e. The van der Waals surface area contributed by atoms with Gasteiger partial charge in [0.25, 0.3) is 0 Å². The Morgan fingerprint density at radius 3 is 2.60 bits per heavy atom. The number of nitrogens with zero attached hydrogens (tertiary/aromatic N) is 6. The molecule has 1 saturated carbocycles. The Balaban J connectivity index is 1.71. The predicted molar refractivity (Wildman–Crippen MR) is 102 cm³/mol. The minimum atomic E-state index is -2.72. The zero-order chi connectivity index (χ0) is 20.9. The molecule has 1 unspecified atom stereocenters. The highest BCUT2D eigenvalue weighted by Gasteiger charge is 2.41. The summed E-state index contributed by atoms with van der Waals surface area (Å²) in [5.74, 6) is -3.11. The molecule has 30 heavy (non-hydrogen) atoms. The summed E-state index contributed by atoms with van der Waals surface area (Å²) >= 11 is 0. The van der Waals surface area contributed by atoms with Crippen molar-refractivity contribution in [3.63, 3.8) is 0 Å². The second kappa shape index (κ2) is 6.69. The van der Waals surface area contributed by atoms with Gasteiger partial charge in [-0.3, -0.25) is 0 Å². The van der Waals surface area contributed by atoms with Crippen molar-refractivity contribution in [1.82, 2.24) is 24.1 Å². The molecule has 1 aromatic carbocycles. The lowest BCUT2D eigenvalue weighted by Gasteiger charge is -2.16. The molecule has 6 nitrogen and oxygen atoms in total. The molecular formula is C21H15F3N6. The van der Waals surface area contributed by atoms with E-state index in [0.29, 0.717) is 34.7 Å². The number of halogens is 3. The topological polar surface area (TPSA) is 71.8 Å². The van der Waals surface area contributed by atoms with Crippen LogP contribution in [0.25, 0.3) is 28.3 Å². The standard InChI is InChI=1S/C21H15F3N6/c22-14-3-1-13(2-4-14)19-20(29(12-27-19)15-7-8-21(23,24)9-15)17-5-6-18-26-11-16(10-25)30(18)28-17/h1-6,11-12,15H,7-9H2. The molecule has 9 heteroatoms. The second-order valence-electron chi connectivity index (χ2n) is 7.35. The Hall–Kier alpha value is -3.67. The monoisotopic (exact) mass is 408 g/mol. The second-order valence-corrected chi connectivity index (χ2v) is 7.35. The molecule has 0 bridgehead atoms. The highest BCUT2D eigenvalue weighted by molar-refractivity contribution is 5.77. The number of hydrogen-bond donors (Lipinski definition) is 0. The molecule has 4 aromatic rings. The number of alkyl halides is 2. The van der Waals surface area contributed by atoms with E-state index in [2.05, 4.69) is 15.1 Å². The Labute approximate surface area is 169 Å². The number of rotatable bonds is 3. The summed E-state index contributed by atoms with van der Waals surface area (Å²) in [7, 11) is 0. The van der Waals surface area contributed by atoms with Gasteiger partial charge in [-0.2, -0.15) is 10.4 Å². The van der Waals surface area contributed by atoms with E-state index in [-0.39, 0.29) is 24.4 Å². The maximum absolute atomic E-state index is 13.9. The molecule has 0 saturated heterocycles. The predicted octanol–water partition coefficient (Wildman–Crippen LogP) is 4.63. The first-order valence-electron chi connectivity index (χ1n) is 9.41. The molecule has 3 aromatic heterocycles. The van der Waals surface area contributed by atoms with Gasteiger partial charge in [-0.1, -0.05) is 0 Å². The van der Waals surface area contributed by atoms with Crippen LogP contribution in [0, 0.1) is 17.1 Å². The van der Waals surface area contributed by atoms with Gasteiger partial charge in [0.1, 0.15) is 17.6 Å². The summed E-state index contributed by atoms with van der Waals surface area (Å²) in [6.07, 6.45) is 2.80. The van der Waals surface area contributed by atoms with E-state index in [1.165, 1.54) is 29.2 Å². The Kier molecular flexibility index (Phi) is 4.10. The summed E-state index contributed by atoms with van der Waals surface area (Å²) in [5.41, 5.74) is 2.91. The Morgan fingerprint density at radius 2 is 1.90 bits per heavy atom. The number of benzene rings is 1. The van der Waals surface area contributed by atoms with Crippen molar-refractivity contribution >= 4 is 5.65 Å². The SMILES string of the molecule is N#Cc1cnc2ccc(-c3c(-c4ccc(F)cc4)ncn3C3CCC(F)(F)C3)nn12. The average Bonchev–Trinajstić information content (AvgIpc) is 3.43. The van der Waals surface area contributed by atoms with Crippen LogP contribution >= 0.6 is 0 Å². The molecular weight excluding hydrogens is 393 g/mol. The van der Waals surface area contributed by atoms with Gasteiger partial charge in [-0.15, -0.1) is 0 Å². The fraction of sp³-hybridized carbons (Fsp3) is 0.238. The van der Waals surface area contributed by atoms with Crippen LogP contribution in [0.5, 0.6) is 0 Å². The Bertz CT molecular complexity index is 1280. The Morgan fingerprint density at radius 1 is 1.10 bits per heavy atom. The summed E-state index contributed by atoms with van der Waals surface area (Å²) in [4.78, 5) is 8.60. The zero-order valence-electron chi connectivity index (χ0n) is 15.6. The third kappa shape index (κ3) is 3.01. The van der Waals surface area contributed by atoms with Crippen LogP contribution in [0.1, 0.15) is 31.0 Å². The van der Waals surface area contributed by atoms with Crippen molar-refractivity contribution in [2.75, 3.05) is 0 Å². The first-order valence-corrected chi connectivity index (χ1v) is 9.41. The number of fused-ring (bicyclic) bond motifs is 1. The van der Waals surface area contributed by atoms with Crippen molar-refractivity contribution in [2.24, 2.45) is 0 Å². The van der Waals surface area contributed by atoms with Crippen molar-refractivity contribution in [3.05, 3.63) is 60.4 Å². The van der Waals surface area contributed by atoms with Crippen LogP contribution in [-0.4, -0.2) is 30.1 Å². The molecule has 0 spiro atoms. The number of imidazole rings is 2. The number of hydrogen-bond acceptors (Lipinski definition) is 4. The molecule has 1 aliphatic carbocycles. The summed E-state index contributed by atoms with van der Waals surface area (Å²) in [5, 5.41) is 13.8. The van der Waals surface area contributed by atoms with Crippen LogP contribution in [-0.2, 0) is 0 Å². The van der Waals surface area contributed by atoms with Gasteiger partial charge in [0.05, 0.1) is 23.9 Å². The van der Waals surface area contributed by atoms with Crippen LogP contribution in [0.4, 0.5) is 13.2 Å². The third-order valence-electron chi connectivity index (χ3n) is 5.40. The average molecular weight is 408 g/mol. The third-order valence-corrected chi connectivity index (χ3v) is 5.40. The lowest BCUT2D eigenvalue weighted by molar-refractivity contribution is 0.00569. The number of aromatic nitrogens is 5. The molecule has 0 aliphatic heterocycles. The summed E-state index contributed by atoms with van der Waals surface area (Å²) in [6, 6.07) is 10.8. The fourth-order valence-corrected chi connectivity index (χ4v) is 3.95. The van der Waals surface area contributed by atoms with Gasteiger partial charge in [0, 0.05) is 24.4 Å². The van der Waals surface area contributed by atoms with Crippen LogP contribution < -0.4 is 0 Å². The molecule has 0 amide bonds. The van der Waals surface area contributed by atoms with Gasteiger partial charge < -0.3 is 4.57 Å². The maximum atomic E-state index is 13.9.